The maximum atomic E-state index is 16.6. The van der Waals surface area contributed by atoms with Gasteiger partial charge in [-0.1, -0.05) is 48.5 Å². The predicted molar refractivity (Wildman–Crippen MR) is 167 cm³/mol. The minimum absolute atomic E-state index is 0.0378. The van der Waals surface area contributed by atoms with Crippen LogP contribution in [0, 0.1) is 17.1 Å². The van der Waals surface area contributed by atoms with Gasteiger partial charge in [0, 0.05) is 52.7 Å². The molecule has 10 heteroatoms. The first kappa shape index (κ1) is 28.8. The Bertz CT molecular complexity index is 1770. The lowest BCUT2D eigenvalue weighted by molar-refractivity contribution is -0.126. The van der Waals surface area contributed by atoms with Crippen LogP contribution in [-0.4, -0.2) is 71.0 Å². The molecule has 0 spiro atoms. The zero-order valence-electron chi connectivity index (χ0n) is 23.9. The minimum atomic E-state index is -0.635. The molecular formula is C33H32ClFN6O2. The number of fused-ring (bicyclic) bond motifs is 2. The number of nitriles is 1. The third-order valence-corrected chi connectivity index (χ3v) is 8.91. The molecule has 0 saturated carbocycles. The van der Waals surface area contributed by atoms with E-state index in [2.05, 4.69) is 32.8 Å². The van der Waals surface area contributed by atoms with E-state index in [0.717, 1.165) is 37.6 Å². The Morgan fingerprint density at radius 1 is 1.23 bits per heavy atom. The number of carbonyl (C=O) groups is 1. The van der Waals surface area contributed by atoms with E-state index in [1.54, 1.807) is 17.0 Å². The van der Waals surface area contributed by atoms with Gasteiger partial charge in [0.1, 0.15) is 29.5 Å². The zero-order valence-corrected chi connectivity index (χ0v) is 24.7. The number of benzene rings is 2. The summed E-state index contributed by atoms with van der Waals surface area (Å²) in [6.45, 7) is 5.91. The van der Waals surface area contributed by atoms with Crippen molar-refractivity contribution in [1.29, 1.82) is 5.26 Å². The van der Waals surface area contributed by atoms with Crippen LogP contribution in [0.3, 0.4) is 0 Å². The molecule has 2 fully saturated rings. The molecular weight excluding hydrogens is 567 g/mol. The molecule has 2 saturated heterocycles. The average Bonchev–Trinajstić information content (AvgIpc) is 3.67. The first-order valence-electron chi connectivity index (χ1n) is 14.5. The number of nitrogens with zero attached hydrogens (tertiary/aromatic N) is 5. The van der Waals surface area contributed by atoms with Gasteiger partial charge in [-0.3, -0.25) is 9.78 Å². The van der Waals surface area contributed by atoms with E-state index in [1.807, 2.05) is 31.3 Å². The number of rotatable bonds is 8. The van der Waals surface area contributed by atoms with Crippen molar-refractivity contribution in [2.75, 3.05) is 38.6 Å². The quantitative estimate of drug-likeness (QED) is 0.242. The van der Waals surface area contributed by atoms with Crippen LogP contribution in [0.15, 0.2) is 55.3 Å². The van der Waals surface area contributed by atoms with Crippen LogP contribution in [0.25, 0.3) is 32.9 Å². The highest BCUT2D eigenvalue weighted by Gasteiger charge is 2.29. The van der Waals surface area contributed by atoms with E-state index >= 15 is 4.39 Å². The van der Waals surface area contributed by atoms with Crippen molar-refractivity contribution in [3.63, 3.8) is 0 Å². The van der Waals surface area contributed by atoms with Gasteiger partial charge in [0.15, 0.2) is 5.82 Å². The van der Waals surface area contributed by atoms with Gasteiger partial charge in [0.05, 0.1) is 5.69 Å². The van der Waals surface area contributed by atoms with Gasteiger partial charge in [0.25, 0.3) is 0 Å². The fraction of sp³-hybridized carbons (Fsp3) is 0.333. The average molecular weight is 599 g/mol. The molecule has 1 N–H and O–H groups in total. The third kappa shape index (κ3) is 5.37. The molecule has 43 heavy (non-hydrogen) atoms. The molecule has 2 aromatic carbocycles. The minimum Gasteiger partial charge on any atom is -0.475 e. The summed E-state index contributed by atoms with van der Waals surface area (Å²) >= 11 is 6.57. The highest BCUT2D eigenvalue weighted by molar-refractivity contribution is 6.36. The second-order valence-corrected chi connectivity index (χ2v) is 11.5. The Hall–Kier alpha value is -4.26. The Balaban J connectivity index is 1.47. The van der Waals surface area contributed by atoms with E-state index in [9.17, 15) is 10.1 Å². The first-order valence-corrected chi connectivity index (χ1v) is 14.9. The Morgan fingerprint density at radius 2 is 2.00 bits per heavy atom. The highest BCUT2D eigenvalue weighted by atomic mass is 35.5. The molecule has 0 unspecified atom stereocenters. The molecule has 2 aliphatic heterocycles. The molecule has 2 aromatic heterocycles. The number of anilines is 1. The molecule has 2 atom stereocenters. The van der Waals surface area contributed by atoms with E-state index in [-0.39, 0.29) is 40.6 Å². The first-order chi connectivity index (χ1) is 20.9. The summed E-state index contributed by atoms with van der Waals surface area (Å²) in [4.78, 5) is 25.5. The van der Waals surface area contributed by atoms with Gasteiger partial charge in [-0.25, -0.2) is 9.37 Å². The molecule has 6 rings (SSSR count). The van der Waals surface area contributed by atoms with Crippen LogP contribution < -0.4 is 10.1 Å². The van der Waals surface area contributed by atoms with Crippen molar-refractivity contribution in [2.45, 2.75) is 37.8 Å². The van der Waals surface area contributed by atoms with Crippen LogP contribution in [0.1, 0.15) is 31.2 Å². The number of hydrogen-bond acceptors (Lipinski definition) is 7. The van der Waals surface area contributed by atoms with E-state index in [4.69, 9.17) is 16.3 Å². The smallest absolute Gasteiger partial charge is 0.246 e. The van der Waals surface area contributed by atoms with Crippen molar-refractivity contribution in [1.82, 2.24) is 19.8 Å². The van der Waals surface area contributed by atoms with E-state index < -0.39 is 5.82 Å². The summed E-state index contributed by atoms with van der Waals surface area (Å²) in [7, 11) is 2.04. The molecule has 0 radical (unpaired) electrons. The summed E-state index contributed by atoms with van der Waals surface area (Å²) < 4.78 is 22.7. The summed E-state index contributed by atoms with van der Waals surface area (Å²) in [5.74, 6) is -0.708. The number of likely N-dealkylation sites (tertiary alicyclic amines) is 2. The Morgan fingerprint density at radius 3 is 2.74 bits per heavy atom. The normalized spacial score (nSPS) is 18.7. The topological polar surface area (TPSA) is 94.4 Å². The zero-order chi connectivity index (χ0) is 30.1. The maximum absolute atomic E-state index is 16.6. The number of amides is 1. The molecule has 4 heterocycles. The summed E-state index contributed by atoms with van der Waals surface area (Å²) in [5.41, 5.74) is 1.25. The van der Waals surface area contributed by atoms with Crippen molar-refractivity contribution in [3.05, 3.63) is 71.7 Å². The lowest BCUT2D eigenvalue weighted by Gasteiger charge is -2.25. The van der Waals surface area contributed by atoms with Gasteiger partial charge < -0.3 is 19.9 Å². The monoisotopic (exact) mass is 598 g/mol. The second-order valence-electron chi connectivity index (χ2n) is 11.1. The predicted octanol–water partition coefficient (Wildman–Crippen LogP) is 6.18. The van der Waals surface area contributed by atoms with Crippen LogP contribution in [0.2, 0.25) is 5.02 Å². The lowest BCUT2D eigenvalue weighted by Crippen LogP contribution is -2.38. The van der Waals surface area contributed by atoms with Gasteiger partial charge in [-0.05, 0) is 56.8 Å². The van der Waals surface area contributed by atoms with Gasteiger partial charge in [0.2, 0.25) is 11.8 Å². The summed E-state index contributed by atoms with van der Waals surface area (Å²) in [6, 6.07) is 13.4. The molecule has 0 bridgehead atoms. The number of carbonyl (C=O) groups excluding carboxylic acids is 1. The number of hydrogen-bond donors (Lipinski definition) is 1. The third-order valence-electron chi connectivity index (χ3n) is 8.59. The van der Waals surface area contributed by atoms with Crippen LogP contribution in [0.4, 0.5) is 10.1 Å². The summed E-state index contributed by atoms with van der Waals surface area (Å²) in [5, 5.41) is 16.0. The fourth-order valence-electron chi connectivity index (χ4n) is 6.28. The van der Waals surface area contributed by atoms with E-state index in [1.165, 1.54) is 12.3 Å². The fourth-order valence-corrected chi connectivity index (χ4v) is 6.56. The van der Waals surface area contributed by atoms with Gasteiger partial charge in [-0.2, -0.15) is 5.26 Å². The Labute approximate surface area is 254 Å². The number of pyridine rings is 2. The number of ether oxygens (including phenoxy) is 1. The molecule has 4 aromatic rings. The Kier molecular flexibility index (Phi) is 8.15. The van der Waals surface area contributed by atoms with Gasteiger partial charge in [-0.15, -0.1) is 0 Å². The largest absolute Gasteiger partial charge is 0.475 e. The number of likely N-dealkylation sites (N-methyl/N-ethyl adjacent to an activating group) is 1. The van der Waals surface area contributed by atoms with E-state index in [0.29, 0.717) is 46.7 Å². The molecule has 220 valence electrons. The number of halogens is 2. The molecule has 1 amide bonds. The van der Waals surface area contributed by atoms with Crippen molar-refractivity contribution in [3.8, 4) is 23.2 Å². The highest BCUT2D eigenvalue weighted by Crippen LogP contribution is 2.39. The molecule has 0 aliphatic carbocycles. The second kappa shape index (κ2) is 12.2. The van der Waals surface area contributed by atoms with Crippen molar-refractivity contribution in [2.24, 2.45) is 0 Å². The van der Waals surface area contributed by atoms with Crippen LogP contribution in [-0.2, 0) is 4.79 Å². The van der Waals surface area contributed by atoms with Crippen LogP contribution in [0.5, 0.6) is 5.88 Å². The molecule has 2 aliphatic rings. The maximum Gasteiger partial charge on any atom is 0.246 e. The number of aromatic nitrogens is 2. The molecule has 8 nitrogen and oxygen atoms in total. The lowest BCUT2D eigenvalue weighted by atomic mass is 10.00. The standard InChI is InChI=1S/C33H32ClFN6O2/c1-3-27(42)41-15-7-10-21(41)17-37-30-24(16-36)33(43-19-22-11-6-14-40(22)2)39-32-25(30)18-38-31(29(32)35)23-12-4-8-20-9-5-13-26(34)28(20)23/h3-5,8-9,12-13,18,21-22H,1,6-7,10-11,14-15,17,19H2,2H3,(H,37,39)/t21-,22-/m0/s1. The summed E-state index contributed by atoms with van der Waals surface area (Å²) in [6.07, 6.45) is 6.54. The van der Waals surface area contributed by atoms with Crippen LogP contribution >= 0.6 is 11.6 Å². The van der Waals surface area contributed by atoms with Crippen molar-refractivity contribution < 1.29 is 13.9 Å². The van der Waals surface area contributed by atoms with Crippen molar-refractivity contribution >= 4 is 44.9 Å². The number of nitrogens with one attached hydrogen (secondary N) is 1. The van der Waals surface area contributed by atoms with Gasteiger partial charge >= 0.3 is 0 Å². The SMILES string of the molecule is C=CC(=O)N1CCC[C@H]1CNc1c(C#N)c(OC[C@@H]2CCCN2C)nc2c(F)c(-c3cccc4cccc(Cl)c34)ncc12.